The molecule has 150 valence electrons. The average molecular weight is 395 g/mol. The molecular formula is C21H21N3O5. The highest BCUT2D eigenvalue weighted by Crippen LogP contribution is 2.24. The number of rotatable bonds is 7. The third-order valence-electron chi connectivity index (χ3n) is 4.44. The molecule has 1 aromatic heterocycles. The number of aromatic nitrogens is 2. The first kappa shape index (κ1) is 20.2. The highest BCUT2D eigenvalue weighted by atomic mass is 16.6. The first-order valence-electron chi connectivity index (χ1n) is 9.22. The van der Waals surface area contributed by atoms with Crippen LogP contribution in [-0.4, -0.2) is 21.0 Å². The van der Waals surface area contributed by atoms with E-state index in [-0.39, 0.29) is 24.3 Å². The molecule has 8 nitrogen and oxygen atoms in total. The SMILES string of the molecule is Cc1cc(OC(=O)CCc2nc(-c3ccc(C(C)C)cc3)no2)ccc1[N+](=O)[O-]. The summed E-state index contributed by atoms with van der Waals surface area (Å²) in [5.74, 6) is 1.02. The van der Waals surface area contributed by atoms with Crippen LogP contribution in [0.1, 0.15) is 43.2 Å². The van der Waals surface area contributed by atoms with Crippen molar-refractivity contribution in [1.29, 1.82) is 0 Å². The molecule has 0 atom stereocenters. The second-order valence-electron chi connectivity index (χ2n) is 6.97. The van der Waals surface area contributed by atoms with Gasteiger partial charge in [0.05, 0.1) is 11.3 Å². The predicted octanol–water partition coefficient (Wildman–Crippen LogP) is 4.61. The van der Waals surface area contributed by atoms with Crippen LogP contribution in [0, 0.1) is 17.0 Å². The van der Waals surface area contributed by atoms with Crippen molar-refractivity contribution in [2.24, 2.45) is 0 Å². The van der Waals surface area contributed by atoms with Gasteiger partial charge in [0, 0.05) is 23.6 Å². The quantitative estimate of drug-likeness (QED) is 0.249. The van der Waals surface area contributed by atoms with E-state index in [4.69, 9.17) is 9.26 Å². The Kier molecular flexibility index (Phi) is 6.01. The molecule has 0 aliphatic carbocycles. The fourth-order valence-corrected chi connectivity index (χ4v) is 2.78. The monoisotopic (exact) mass is 395 g/mol. The molecule has 0 bridgehead atoms. The molecular weight excluding hydrogens is 374 g/mol. The summed E-state index contributed by atoms with van der Waals surface area (Å²) in [7, 11) is 0. The molecule has 0 unspecified atom stereocenters. The van der Waals surface area contributed by atoms with Gasteiger partial charge in [-0.15, -0.1) is 0 Å². The number of aryl methyl sites for hydroxylation is 2. The van der Waals surface area contributed by atoms with Crippen LogP contribution in [0.3, 0.4) is 0 Å². The van der Waals surface area contributed by atoms with Crippen LogP contribution in [0.25, 0.3) is 11.4 Å². The summed E-state index contributed by atoms with van der Waals surface area (Å²) >= 11 is 0. The fraction of sp³-hybridized carbons (Fsp3) is 0.286. The minimum absolute atomic E-state index is 0.0235. The third-order valence-corrected chi connectivity index (χ3v) is 4.44. The van der Waals surface area contributed by atoms with E-state index in [2.05, 4.69) is 24.0 Å². The number of nitro benzene ring substituents is 1. The maximum atomic E-state index is 12.0. The van der Waals surface area contributed by atoms with Gasteiger partial charge in [0.25, 0.3) is 5.69 Å². The number of benzene rings is 2. The Hall–Kier alpha value is -3.55. The number of hydrogen-bond acceptors (Lipinski definition) is 7. The molecule has 0 aliphatic heterocycles. The van der Waals surface area contributed by atoms with E-state index in [1.165, 1.54) is 23.8 Å². The number of carbonyl (C=O) groups is 1. The van der Waals surface area contributed by atoms with E-state index in [0.29, 0.717) is 23.2 Å². The zero-order valence-corrected chi connectivity index (χ0v) is 16.4. The second-order valence-corrected chi connectivity index (χ2v) is 6.97. The summed E-state index contributed by atoms with van der Waals surface area (Å²) in [6.45, 7) is 5.83. The summed E-state index contributed by atoms with van der Waals surface area (Å²) in [4.78, 5) is 26.7. The van der Waals surface area contributed by atoms with Crippen molar-refractivity contribution in [3.63, 3.8) is 0 Å². The molecule has 0 spiro atoms. The van der Waals surface area contributed by atoms with E-state index in [1.54, 1.807) is 6.92 Å². The van der Waals surface area contributed by atoms with Crippen LogP contribution in [0.4, 0.5) is 5.69 Å². The zero-order chi connectivity index (χ0) is 21.0. The minimum atomic E-state index is -0.487. The predicted molar refractivity (Wildman–Crippen MR) is 106 cm³/mol. The summed E-state index contributed by atoms with van der Waals surface area (Å²) in [6, 6.07) is 12.1. The Labute approximate surface area is 167 Å². The molecule has 0 fully saturated rings. The van der Waals surface area contributed by atoms with Gasteiger partial charge in [-0.2, -0.15) is 4.98 Å². The van der Waals surface area contributed by atoms with Crippen molar-refractivity contribution in [2.45, 2.75) is 39.5 Å². The van der Waals surface area contributed by atoms with Crippen molar-refractivity contribution < 1.29 is 19.0 Å². The molecule has 0 amide bonds. The van der Waals surface area contributed by atoms with Crippen molar-refractivity contribution in [2.75, 3.05) is 0 Å². The highest BCUT2D eigenvalue weighted by Gasteiger charge is 2.15. The standard InChI is InChI=1S/C21H21N3O5/c1-13(2)15-4-6-16(7-5-15)21-22-19(29-23-21)10-11-20(25)28-17-8-9-18(24(26)27)14(3)12-17/h4-9,12-13H,10-11H2,1-3H3. The maximum Gasteiger partial charge on any atom is 0.311 e. The number of nitro groups is 1. The Balaban J connectivity index is 1.57. The molecule has 3 aromatic rings. The molecule has 0 saturated carbocycles. The molecule has 0 aliphatic rings. The Bertz CT molecular complexity index is 1030. The molecule has 3 rings (SSSR count). The summed E-state index contributed by atoms with van der Waals surface area (Å²) in [6.07, 6.45) is 0.284. The van der Waals surface area contributed by atoms with Gasteiger partial charge in [-0.1, -0.05) is 43.3 Å². The van der Waals surface area contributed by atoms with Crippen LogP contribution in [-0.2, 0) is 11.2 Å². The molecule has 29 heavy (non-hydrogen) atoms. The average Bonchev–Trinajstić information content (AvgIpc) is 3.15. The van der Waals surface area contributed by atoms with Crippen molar-refractivity contribution in [3.05, 3.63) is 69.6 Å². The van der Waals surface area contributed by atoms with Gasteiger partial charge in [-0.3, -0.25) is 14.9 Å². The fourth-order valence-electron chi connectivity index (χ4n) is 2.78. The summed E-state index contributed by atoms with van der Waals surface area (Å²) in [5, 5.41) is 14.8. The summed E-state index contributed by atoms with van der Waals surface area (Å²) < 4.78 is 10.4. The lowest BCUT2D eigenvalue weighted by molar-refractivity contribution is -0.385. The van der Waals surface area contributed by atoms with Crippen LogP contribution in [0.2, 0.25) is 0 Å². The first-order chi connectivity index (χ1) is 13.8. The van der Waals surface area contributed by atoms with Gasteiger partial charge < -0.3 is 9.26 Å². The number of esters is 1. The lowest BCUT2D eigenvalue weighted by Gasteiger charge is -2.05. The Morgan fingerprint density at radius 1 is 1.21 bits per heavy atom. The molecule has 0 N–H and O–H groups in total. The second kappa shape index (κ2) is 8.64. The lowest BCUT2D eigenvalue weighted by atomic mass is 10.0. The van der Waals surface area contributed by atoms with Crippen LogP contribution < -0.4 is 4.74 Å². The van der Waals surface area contributed by atoms with Gasteiger partial charge in [0.2, 0.25) is 11.7 Å². The number of hydrogen-bond donors (Lipinski definition) is 0. The van der Waals surface area contributed by atoms with E-state index < -0.39 is 10.9 Å². The van der Waals surface area contributed by atoms with Crippen LogP contribution in [0.15, 0.2) is 47.0 Å². The number of ether oxygens (including phenoxy) is 1. The van der Waals surface area contributed by atoms with Crippen LogP contribution in [0.5, 0.6) is 5.75 Å². The molecule has 8 heteroatoms. The van der Waals surface area contributed by atoms with E-state index in [0.717, 1.165) is 5.56 Å². The van der Waals surface area contributed by atoms with Crippen molar-refractivity contribution in [3.8, 4) is 17.1 Å². The molecule has 0 saturated heterocycles. The number of nitrogens with zero attached hydrogens (tertiary/aromatic N) is 3. The minimum Gasteiger partial charge on any atom is -0.427 e. The van der Waals surface area contributed by atoms with E-state index in [1.807, 2.05) is 24.3 Å². The topological polar surface area (TPSA) is 108 Å². The third kappa shape index (κ3) is 5.04. The van der Waals surface area contributed by atoms with Crippen molar-refractivity contribution in [1.82, 2.24) is 10.1 Å². The van der Waals surface area contributed by atoms with E-state index >= 15 is 0 Å². The van der Waals surface area contributed by atoms with Gasteiger partial charge in [-0.05, 0) is 30.5 Å². The molecule has 2 aromatic carbocycles. The van der Waals surface area contributed by atoms with E-state index in [9.17, 15) is 14.9 Å². The zero-order valence-electron chi connectivity index (χ0n) is 16.4. The summed E-state index contributed by atoms with van der Waals surface area (Å²) in [5.41, 5.74) is 2.46. The Morgan fingerprint density at radius 3 is 2.55 bits per heavy atom. The molecule has 0 radical (unpaired) electrons. The number of carbonyl (C=O) groups excluding carboxylic acids is 1. The lowest BCUT2D eigenvalue weighted by Crippen LogP contribution is -2.09. The normalized spacial score (nSPS) is 10.9. The highest BCUT2D eigenvalue weighted by molar-refractivity contribution is 5.72. The van der Waals surface area contributed by atoms with Crippen molar-refractivity contribution >= 4 is 11.7 Å². The maximum absolute atomic E-state index is 12.0. The first-order valence-corrected chi connectivity index (χ1v) is 9.22. The van der Waals surface area contributed by atoms with Gasteiger partial charge in [-0.25, -0.2) is 0 Å². The largest absolute Gasteiger partial charge is 0.427 e. The molecule has 1 heterocycles. The Morgan fingerprint density at radius 2 is 1.93 bits per heavy atom. The smallest absolute Gasteiger partial charge is 0.311 e. The van der Waals surface area contributed by atoms with Crippen LogP contribution >= 0.6 is 0 Å². The van der Waals surface area contributed by atoms with Gasteiger partial charge in [0.1, 0.15) is 5.75 Å². The van der Waals surface area contributed by atoms with Gasteiger partial charge >= 0.3 is 5.97 Å². The van der Waals surface area contributed by atoms with Gasteiger partial charge in [0.15, 0.2) is 0 Å².